The van der Waals surface area contributed by atoms with Crippen LogP contribution in [0.5, 0.6) is 0 Å². The molecule has 0 saturated heterocycles. The number of pyridine rings is 1. The van der Waals surface area contributed by atoms with E-state index in [0.717, 1.165) is 0 Å². The molecule has 17 heavy (non-hydrogen) atoms. The van der Waals surface area contributed by atoms with E-state index in [1.54, 1.807) is 24.3 Å². The van der Waals surface area contributed by atoms with Gasteiger partial charge in [0, 0.05) is 5.39 Å². The van der Waals surface area contributed by atoms with Crippen LogP contribution in [0.2, 0.25) is 0 Å². The second kappa shape index (κ2) is 4.21. The minimum atomic E-state index is -0.680. The lowest BCUT2D eigenvalue weighted by atomic mass is 10.1. The number of amides is 1. The summed E-state index contributed by atoms with van der Waals surface area (Å²) in [5.74, 6) is -1.20. The molecule has 1 aromatic carbocycles. The fraction of sp³-hybridized carbons (Fsp3) is 0.0833. The molecule has 2 N–H and O–H groups in total. The third-order valence-corrected chi connectivity index (χ3v) is 2.37. The van der Waals surface area contributed by atoms with Crippen molar-refractivity contribution in [1.82, 2.24) is 4.98 Å². The van der Waals surface area contributed by atoms with Crippen LogP contribution in [0.1, 0.15) is 20.8 Å². The first-order valence-electron chi connectivity index (χ1n) is 4.91. The lowest BCUT2D eigenvalue weighted by molar-refractivity contribution is 0.0603. The SMILES string of the molecule is COC(=O)c1cc(C(N)=O)nc2ccccc12. The van der Waals surface area contributed by atoms with E-state index in [1.807, 2.05) is 0 Å². The molecule has 0 atom stereocenters. The van der Waals surface area contributed by atoms with Crippen LogP contribution in [0.4, 0.5) is 0 Å². The lowest BCUT2D eigenvalue weighted by Crippen LogP contribution is -2.15. The number of primary amides is 1. The van der Waals surface area contributed by atoms with Gasteiger partial charge in [-0.05, 0) is 12.1 Å². The summed E-state index contributed by atoms with van der Waals surface area (Å²) in [5.41, 5.74) is 6.02. The molecule has 0 saturated carbocycles. The van der Waals surface area contributed by atoms with Gasteiger partial charge in [0.1, 0.15) is 5.69 Å². The monoisotopic (exact) mass is 230 g/mol. The zero-order chi connectivity index (χ0) is 12.4. The second-order valence-corrected chi connectivity index (χ2v) is 3.43. The average molecular weight is 230 g/mol. The van der Waals surface area contributed by atoms with Gasteiger partial charge in [-0.15, -0.1) is 0 Å². The Bertz CT molecular complexity index is 608. The van der Waals surface area contributed by atoms with Crippen molar-refractivity contribution in [2.45, 2.75) is 0 Å². The summed E-state index contributed by atoms with van der Waals surface area (Å²) in [6, 6.07) is 8.33. The number of nitrogens with two attached hydrogens (primary N) is 1. The normalized spacial score (nSPS) is 10.2. The minimum absolute atomic E-state index is 0.0455. The smallest absolute Gasteiger partial charge is 0.338 e. The first kappa shape index (κ1) is 11.1. The standard InChI is InChI=1S/C12H10N2O3/c1-17-12(16)8-6-10(11(13)15)14-9-5-3-2-4-7(8)9/h2-6H,1H3,(H2,13,15). The van der Waals surface area contributed by atoms with E-state index in [4.69, 9.17) is 5.73 Å². The molecule has 5 nitrogen and oxygen atoms in total. The number of carbonyl (C=O) groups excluding carboxylic acids is 2. The van der Waals surface area contributed by atoms with Gasteiger partial charge in [-0.3, -0.25) is 4.79 Å². The highest BCUT2D eigenvalue weighted by molar-refractivity contribution is 6.06. The Labute approximate surface area is 97.2 Å². The predicted octanol–water partition coefficient (Wildman–Crippen LogP) is 1.12. The van der Waals surface area contributed by atoms with E-state index in [-0.39, 0.29) is 11.3 Å². The molecule has 1 aromatic heterocycles. The number of fused-ring (bicyclic) bond motifs is 1. The van der Waals surface area contributed by atoms with Gasteiger partial charge in [-0.2, -0.15) is 0 Å². The Morgan fingerprint density at radius 1 is 1.29 bits per heavy atom. The van der Waals surface area contributed by atoms with Gasteiger partial charge in [-0.1, -0.05) is 18.2 Å². The van der Waals surface area contributed by atoms with E-state index < -0.39 is 11.9 Å². The zero-order valence-electron chi connectivity index (χ0n) is 9.14. The Balaban J connectivity index is 2.78. The van der Waals surface area contributed by atoms with Gasteiger partial charge in [-0.25, -0.2) is 9.78 Å². The van der Waals surface area contributed by atoms with Crippen LogP contribution in [-0.2, 0) is 4.74 Å². The maximum absolute atomic E-state index is 11.6. The van der Waals surface area contributed by atoms with Crippen LogP contribution in [-0.4, -0.2) is 24.0 Å². The number of benzene rings is 1. The summed E-state index contributed by atoms with van der Waals surface area (Å²) in [6.07, 6.45) is 0. The van der Waals surface area contributed by atoms with Crippen molar-refractivity contribution in [2.75, 3.05) is 7.11 Å². The highest BCUT2D eigenvalue weighted by Gasteiger charge is 2.14. The topological polar surface area (TPSA) is 82.3 Å². The molecule has 0 radical (unpaired) electrons. The summed E-state index contributed by atoms with van der Waals surface area (Å²) in [4.78, 5) is 26.8. The van der Waals surface area contributed by atoms with E-state index in [0.29, 0.717) is 10.9 Å². The number of hydrogen-bond acceptors (Lipinski definition) is 4. The maximum atomic E-state index is 11.6. The summed E-state index contributed by atoms with van der Waals surface area (Å²) in [5, 5.41) is 0.629. The van der Waals surface area contributed by atoms with Crippen molar-refractivity contribution in [3.63, 3.8) is 0 Å². The molecule has 0 aliphatic rings. The summed E-state index contributed by atoms with van der Waals surface area (Å²) in [7, 11) is 1.28. The summed E-state index contributed by atoms with van der Waals surface area (Å²) >= 11 is 0. The van der Waals surface area contributed by atoms with Gasteiger partial charge in [0.2, 0.25) is 0 Å². The summed E-state index contributed by atoms with van der Waals surface area (Å²) < 4.78 is 4.66. The van der Waals surface area contributed by atoms with Crippen molar-refractivity contribution in [2.24, 2.45) is 5.73 Å². The molecule has 0 bridgehead atoms. The van der Waals surface area contributed by atoms with Crippen LogP contribution >= 0.6 is 0 Å². The molecule has 5 heteroatoms. The lowest BCUT2D eigenvalue weighted by Gasteiger charge is -2.06. The van der Waals surface area contributed by atoms with Gasteiger partial charge >= 0.3 is 5.97 Å². The minimum Gasteiger partial charge on any atom is -0.465 e. The van der Waals surface area contributed by atoms with Crippen LogP contribution in [0, 0.1) is 0 Å². The Hall–Kier alpha value is -2.43. The van der Waals surface area contributed by atoms with Crippen molar-refractivity contribution in [1.29, 1.82) is 0 Å². The first-order chi connectivity index (χ1) is 8.13. The molecular formula is C12H10N2O3. The molecule has 0 spiro atoms. The highest BCUT2D eigenvalue weighted by atomic mass is 16.5. The Morgan fingerprint density at radius 2 is 2.00 bits per heavy atom. The van der Waals surface area contributed by atoms with E-state index >= 15 is 0 Å². The van der Waals surface area contributed by atoms with Crippen LogP contribution in [0.3, 0.4) is 0 Å². The fourth-order valence-electron chi connectivity index (χ4n) is 1.58. The fourth-order valence-corrected chi connectivity index (χ4v) is 1.58. The van der Waals surface area contributed by atoms with Gasteiger partial charge in [0.15, 0.2) is 0 Å². The number of carbonyl (C=O) groups is 2. The average Bonchev–Trinajstić information content (AvgIpc) is 2.36. The molecule has 86 valence electrons. The Morgan fingerprint density at radius 3 is 2.65 bits per heavy atom. The largest absolute Gasteiger partial charge is 0.465 e. The number of hydrogen-bond donors (Lipinski definition) is 1. The Kier molecular flexibility index (Phi) is 2.74. The molecule has 1 amide bonds. The molecule has 0 aliphatic carbocycles. The molecule has 1 heterocycles. The third-order valence-electron chi connectivity index (χ3n) is 2.37. The van der Waals surface area contributed by atoms with Crippen molar-refractivity contribution in [3.8, 4) is 0 Å². The number of ether oxygens (including phenoxy) is 1. The first-order valence-corrected chi connectivity index (χ1v) is 4.91. The number of methoxy groups -OCH3 is 1. The molecular weight excluding hydrogens is 220 g/mol. The van der Waals surface area contributed by atoms with Crippen LogP contribution in [0.15, 0.2) is 30.3 Å². The predicted molar refractivity (Wildman–Crippen MR) is 61.6 cm³/mol. The van der Waals surface area contributed by atoms with E-state index in [2.05, 4.69) is 9.72 Å². The van der Waals surface area contributed by atoms with Gasteiger partial charge < -0.3 is 10.5 Å². The van der Waals surface area contributed by atoms with Crippen molar-refractivity contribution >= 4 is 22.8 Å². The molecule has 0 unspecified atom stereocenters. The molecule has 0 aliphatic heterocycles. The van der Waals surface area contributed by atoms with E-state index in [1.165, 1.54) is 13.2 Å². The number of para-hydroxylation sites is 1. The zero-order valence-corrected chi connectivity index (χ0v) is 9.14. The number of rotatable bonds is 2. The molecule has 0 fully saturated rings. The molecule has 2 aromatic rings. The number of aromatic nitrogens is 1. The van der Waals surface area contributed by atoms with Crippen LogP contribution < -0.4 is 5.73 Å². The van der Waals surface area contributed by atoms with Crippen molar-refractivity contribution < 1.29 is 14.3 Å². The second-order valence-electron chi connectivity index (χ2n) is 3.43. The third kappa shape index (κ3) is 1.94. The summed E-state index contributed by atoms with van der Waals surface area (Å²) in [6.45, 7) is 0. The quantitative estimate of drug-likeness (QED) is 0.784. The van der Waals surface area contributed by atoms with E-state index in [9.17, 15) is 9.59 Å². The maximum Gasteiger partial charge on any atom is 0.338 e. The number of nitrogens with zero attached hydrogens (tertiary/aromatic N) is 1. The highest BCUT2D eigenvalue weighted by Crippen LogP contribution is 2.18. The molecule has 2 rings (SSSR count). The van der Waals surface area contributed by atoms with Crippen LogP contribution in [0.25, 0.3) is 10.9 Å². The number of esters is 1. The van der Waals surface area contributed by atoms with Gasteiger partial charge in [0.25, 0.3) is 5.91 Å². The van der Waals surface area contributed by atoms with Gasteiger partial charge in [0.05, 0.1) is 18.2 Å². The van der Waals surface area contributed by atoms with Crippen molar-refractivity contribution in [3.05, 3.63) is 41.6 Å².